The quantitative estimate of drug-likeness (QED) is 0.189. The van der Waals surface area contributed by atoms with Gasteiger partial charge in [0.1, 0.15) is 0 Å². The molecule has 0 spiro atoms. The van der Waals surface area contributed by atoms with Gasteiger partial charge in [-0.2, -0.15) is 0 Å². The van der Waals surface area contributed by atoms with E-state index in [1.54, 1.807) is 0 Å². The van der Waals surface area contributed by atoms with Gasteiger partial charge in [0.2, 0.25) is 0 Å². The van der Waals surface area contributed by atoms with Crippen molar-refractivity contribution in [2.75, 3.05) is 4.90 Å². The predicted molar refractivity (Wildman–Crippen MR) is 200 cm³/mol. The molecule has 9 rings (SSSR count). The van der Waals surface area contributed by atoms with Crippen LogP contribution in [0.1, 0.15) is 0 Å². The first-order valence-corrected chi connectivity index (χ1v) is 16.5. The van der Waals surface area contributed by atoms with E-state index in [2.05, 4.69) is 181 Å². The first-order chi connectivity index (χ1) is 22.8. The van der Waals surface area contributed by atoms with Crippen molar-refractivity contribution in [3.05, 3.63) is 176 Å². The number of hydrogen-bond donors (Lipinski definition) is 0. The molecule has 0 saturated heterocycles. The number of anilines is 3. The molecule has 0 unspecified atom stereocenters. The molecule has 1 aromatic heterocycles. The molecular formula is C44H29NS. The predicted octanol–water partition coefficient (Wildman–Crippen LogP) is 13.2. The average molecular weight is 604 g/mol. The van der Waals surface area contributed by atoms with Gasteiger partial charge >= 0.3 is 0 Å². The molecule has 8 aromatic carbocycles. The Morgan fingerprint density at radius 2 is 0.978 bits per heavy atom. The van der Waals surface area contributed by atoms with Crippen LogP contribution >= 0.6 is 11.3 Å². The SMILES string of the molecule is c1ccc(-c2ccccc2N(c2ccc3ccccc3c2)c2ccc3c(c2)sc2c4ccccc4c(-c4ccccc4)cc32)cc1. The number of rotatable bonds is 5. The number of hydrogen-bond acceptors (Lipinski definition) is 2. The minimum absolute atomic E-state index is 1.14. The van der Waals surface area contributed by atoms with Crippen molar-refractivity contribution in [2.45, 2.75) is 0 Å². The molecule has 46 heavy (non-hydrogen) atoms. The lowest BCUT2D eigenvalue weighted by atomic mass is 9.95. The lowest BCUT2D eigenvalue weighted by Gasteiger charge is -2.28. The minimum Gasteiger partial charge on any atom is -0.310 e. The highest BCUT2D eigenvalue weighted by Gasteiger charge is 2.20. The molecule has 1 heterocycles. The van der Waals surface area contributed by atoms with Crippen LogP contribution in [0.2, 0.25) is 0 Å². The van der Waals surface area contributed by atoms with Gasteiger partial charge in [-0.3, -0.25) is 0 Å². The van der Waals surface area contributed by atoms with Gasteiger partial charge in [0.05, 0.1) is 5.69 Å². The van der Waals surface area contributed by atoms with E-state index in [1.165, 1.54) is 64.0 Å². The molecule has 0 radical (unpaired) electrons. The highest BCUT2D eigenvalue weighted by atomic mass is 32.1. The monoisotopic (exact) mass is 603 g/mol. The smallest absolute Gasteiger partial charge is 0.0540 e. The Morgan fingerprint density at radius 3 is 1.78 bits per heavy atom. The van der Waals surface area contributed by atoms with Crippen LogP contribution in [-0.2, 0) is 0 Å². The number of thiophene rings is 1. The summed E-state index contributed by atoms with van der Waals surface area (Å²) in [6.45, 7) is 0. The number of para-hydroxylation sites is 1. The number of benzene rings is 8. The zero-order valence-electron chi connectivity index (χ0n) is 25.1. The summed E-state index contributed by atoms with van der Waals surface area (Å²) in [5.41, 5.74) is 8.36. The van der Waals surface area contributed by atoms with Crippen LogP contribution in [0, 0.1) is 0 Å². The first-order valence-electron chi connectivity index (χ1n) is 15.7. The van der Waals surface area contributed by atoms with Crippen LogP contribution in [-0.4, -0.2) is 0 Å². The highest BCUT2D eigenvalue weighted by Crippen LogP contribution is 2.46. The molecule has 0 aliphatic carbocycles. The molecule has 0 N–H and O–H groups in total. The molecule has 0 fully saturated rings. The maximum Gasteiger partial charge on any atom is 0.0540 e. The molecule has 0 bridgehead atoms. The van der Waals surface area contributed by atoms with Gasteiger partial charge in [0.15, 0.2) is 0 Å². The van der Waals surface area contributed by atoms with E-state index in [0.29, 0.717) is 0 Å². The Kier molecular flexibility index (Phi) is 6.40. The van der Waals surface area contributed by atoms with E-state index in [4.69, 9.17) is 0 Å². The lowest BCUT2D eigenvalue weighted by Crippen LogP contribution is -2.11. The van der Waals surface area contributed by atoms with Gasteiger partial charge in [-0.05, 0) is 69.2 Å². The van der Waals surface area contributed by atoms with Gasteiger partial charge in [-0.15, -0.1) is 11.3 Å². The zero-order chi connectivity index (χ0) is 30.5. The van der Waals surface area contributed by atoms with E-state index >= 15 is 0 Å². The van der Waals surface area contributed by atoms with Crippen molar-refractivity contribution < 1.29 is 0 Å². The summed E-state index contributed by atoms with van der Waals surface area (Å²) in [6, 6.07) is 63.9. The van der Waals surface area contributed by atoms with E-state index in [0.717, 1.165) is 17.1 Å². The number of fused-ring (bicyclic) bond motifs is 6. The maximum absolute atomic E-state index is 2.42. The van der Waals surface area contributed by atoms with Crippen LogP contribution in [0.3, 0.4) is 0 Å². The second-order valence-electron chi connectivity index (χ2n) is 11.7. The Labute approximate surface area is 272 Å². The summed E-state index contributed by atoms with van der Waals surface area (Å²) in [5.74, 6) is 0. The van der Waals surface area contributed by atoms with E-state index in [1.807, 2.05) is 11.3 Å². The Bertz CT molecular complexity index is 2530. The third-order valence-corrected chi connectivity index (χ3v) is 10.2. The molecule has 1 nitrogen and oxygen atoms in total. The minimum atomic E-state index is 1.14. The topological polar surface area (TPSA) is 3.24 Å². The standard InChI is InChI=1S/C44H29NS/c1-3-14-31(15-4-1)36-19-11-12-22-42(36)45(34-24-23-30-13-7-8-18-33(30)27-34)35-25-26-38-41-29-40(32-16-5-2-6-17-32)37-20-9-10-21-39(37)44(41)46-43(38)28-35/h1-29H. The molecule has 2 heteroatoms. The van der Waals surface area contributed by atoms with Crippen LogP contribution in [0.25, 0.3) is 64.0 Å². The summed E-state index contributed by atoms with van der Waals surface area (Å²) in [6.07, 6.45) is 0. The van der Waals surface area contributed by atoms with Gasteiger partial charge in [0.25, 0.3) is 0 Å². The van der Waals surface area contributed by atoms with Crippen LogP contribution in [0.4, 0.5) is 17.1 Å². The van der Waals surface area contributed by atoms with Crippen molar-refractivity contribution in [3.63, 3.8) is 0 Å². The number of nitrogens with zero attached hydrogens (tertiary/aromatic N) is 1. The molecule has 216 valence electrons. The second kappa shape index (κ2) is 11.0. The largest absolute Gasteiger partial charge is 0.310 e. The van der Waals surface area contributed by atoms with E-state index in [-0.39, 0.29) is 0 Å². The van der Waals surface area contributed by atoms with Crippen LogP contribution in [0.15, 0.2) is 176 Å². The summed E-state index contributed by atoms with van der Waals surface area (Å²) < 4.78 is 2.62. The van der Waals surface area contributed by atoms with Crippen molar-refractivity contribution in [1.82, 2.24) is 0 Å². The van der Waals surface area contributed by atoms with Crippen molar-refractivity contribution in [1.29, 1.82) is 0 Å². The third kappa shape index (κ3) is 4.46. The fraction of sp³-hybridized carbons (Fsp3) is 0. The van der Waals surface area contributed by atoms with Crippen molar-refractivity contribution in [2.24, 2.45) is 0 Å². The summed E-state index contributed by atoms with van der Waals surface area (Å²) in [5, 5.41) is 7.67. The van der Waals surface area contributed by atoms with E-state index in [9.17, 15) is 0 Å². The normalized spacial score (nSPS) is 11.5. The Morgan fingerprint density at radius 1 is 0.370 bits per heavy atom. The average Bonchev–Trinajstić information content (AvgIpc) is 3.50. The first kappa shape index (κ1) is 26.7. The lowest BCUT2D eigenvalue weighted by molar-refractivity contribution is 1.30. The fourth-order valence-corrected chi connectivity index (χ4v) is 8.11. The molecule has 9 aromatic rings. The molecular weight excluding hydrogens is 575 g/mol. The van der Waals surface area contributed by atoms with Crippen LogP contribution < -0.4 is 4.90 Å². The summed E-state index contributed by atoms with van der Waals surface area (Å²) in [4.78, 5) is 2.42. The molecule has 0 amide bonds. The highest BCUT2D eigenvalue weighted by molar-refractivity contribution is 7.26. The Hall–Kier alpha value is -5.70. The Balaban J connectivity index is 1.29. The van der Waals surface area contributed by atoms with Gasteiger partial charge < -0.3 is 4.90 Å². The van der Waals surface area contributed by atoms with E-state index < -0.39 is 0 Å². The maximum atomic E-state index is 2.42. The summed E-state index contributed by atoms with van der Waals surface area (Å²) >= 11 is 1.89. The molecule has 0 aliphatic heterocycles. The second-order valence-corrected chi connectivity index (χ2v) is 12.8. The third-order valence-electron chi connectivity index (χ3n) is 9.03. The van der Waals surface area contributed by atoms with Crippen LogP contribution in [0.5, 0.6) is 0 Å². The van der Waals surface area contributed by atoms with Gasteiger partial charge in [-0.25, -0.2) is 0 Å². The van der Waals surface area contributed by atoms with Crippen molar-refractivity contribution >= 4 is 70.1 Å². The van der Waals surface area contributed by atoms with Crippen molar-refractivity contribution in [3.8, 4) is 22.3 Å². The summed E-state index contributed by atoms with van der Waals surface area (Å²) in [7, 11) is 0. The fourth-order valence-electron chi connectivity index (χ4n) is 6.86. The molecule has 0 aliphatic rings. The van der Waals surface area contributed by atoms with Gasteiger partial charge in [-0.1, -0.05) is 140 Å². The molecule has 0 saturated carbocycles. The zero-order valence-corrected chi connectivity index (χ0v) is 25.9. The van der Waals surface area contributed by atoms with Gasteiger partial charge in [0, 0.05) is 42.5 Å². The molecule has 0 atom stereocenters.